The van der Waals surface area contributed by atoms with Crippen molar-refractivity contribution < 1.29 is 4.74 Å². The minimum Gasteiger partial charge on any atom is -0.495 e. The third kappa shape index (κ3) is 4.97. The molecule has 1 aliphatic heterocycles. The van der Waals surface area contributed by atoms with E-state index in [0.29, 0.717) is 0 Å². The van der Waals surface area contributed by atoms with Crippen molar-refractivity contribution in [2.24, 2.45) is 4.99 Å². The number of nitrogens with zero attached hydrogens (tertiary/aromatic N) is 4. The number of para-hydroxylation sites is 2. The van der Waals surface area contributed by atoms with Gasteiger partial charge in [0.15, 0.2) is 5.96 Å². The van der Waals surface area contributed by atoms with E-state index < -0.39 is 0 Å². The van der Waals surface area contributed by atoms with Crippen LogP contribution in [0.2, 0.25) is 0 Å². The van der Waals surface area contributed by atoms with E-state index in [2.05, 4.69) is 51.3 Å². The highest BCUT2D eigenvalue weighted by molar-refractivity contribution is 5.80. The molecule has 0 radical (unpaired) electrons. The first-order valence-electron chi connectivity index (χ1n) is 10.1. The number of hydrogen-bond acceptors (Lipinski definition) is 4. The van der Waals surface area contributed by atoms with Crippen molar-refractivity contribution in [2.45, 2.75) is 26.7 Å². The zero-order chi connectivity index (χ0) is 19.8. The van der Waals surface area contributed by atoms with Crippen molar-refractivity contribution in [1.29, 1.82) is 0 Å². The van der Waals surface area contributed by atoms with Crippen LogP contribution in [0.1, 0.15) is 24.6 Å². The van der Waals surface area contributed by atoms with Crippen LogP contribution in [-0.2, 0) is 6.42 Å². The Hall–Kier alpha value is -2.70. The van der Waals surface area contributed by atoms with Crippen molar-refractivity contribution in [1.82, 2.24) is 20.4 Å². The van der Waals surface area contributed by atoms with Gasteiger partial charge in [-0.2, -0.15) is 5.10 Å². The van der Waals surface area contributed by atoms with Crippen molar-refractivity contribution >= 4 is 11.6 Å². The zero-order valence-electron chi connectivity index (χ0n) is 17.2. The van der Waals surface area contributed by atoms with E-state index in [1.807, 2.05) is 18.3 Å². The van der Waals surface area contributed by atoms with Crippen LogP contribution in [0.15, 0.2) is 35.5 Å². The molecule has 7 heteroatoms. The van der Waals surface area contributed by atoms with Gasteiger partial charge in [0, 0.05) is 45.0 Å². The number of ether oxygens (including phenoxy) is 1. The van der Waals surface area contributed by atoms with Crippen LogP contribution in [-0.4, -0.2) is 67.4 Å². The van der Waals surface area contributed by atoms with Crippen LogP contribution >= 0.6 is 0 Å². The summed E-state index contributed by atoms with van der Waals surface area (Å²) in [5, 5.41) is 10.5. The largest absolute Gasteiger partial charge is 0.495 e. The molecule has 152 valence electrons. The Bertz CT molecular complexity index is 764. The van der Waals surface area contributed by atoms with E-state index in [1.165, 1.54) is 11.3 Å². The summed E-state index contributed by atoms with van der Waals surface area (Å²) >= 11 is 0. The average molecular weight is 385 g/mol. The number of hydrogen-bond donors (Lipinski definition) is 2. The van der Waals surface area contributed by atoms with Crippen molar-refractivity contribution in [2.75, 3.05) is 51.3 Å². The van der Waals surface area contributed by atoms with Crippen LogP contribution in [0.4, 0.5) is 5.69 Å². The number of H-pyrrole nitrogens is 1. The van der Waals surface area contributed by atoms with E-state index in [-0.39, 0.29) is 0 Å². The molecular weight excluding hydrogens is 352 g/mol. The Morgan fingerprint density at radius 3 is 2.71 bits per heavy atom. The minimum absolute atomic E-state index is 0.819. The lowest BCUT2D eigenvalue weighted by Crippen LogP contribution is -2.52. The summed E-state index contributed by atoms with van der Waals surface area (Å²) in [7, 11) is 1.73. The topological polar surface area (TPSA) is 68.8 Å². The monoisotopic (exact) mass is 384 g/mol. The number of methoxy groups -OCH3 is 1. The molecule has 2 N–H and O–H groups in total. The molecule has 0 bridgehead atoms. The van der Waals surface area contributed by atoms with Gasteiger partial charge in [0.25, 0.3) is 0 Å². The highest BCUT2D eigenvalue weighted by Crippen LogP contribution is 2.28. The predicted molar refractivity (Wildman–Crippen MR) is 114 cm³/mol. The van der Waals surface area contributed by atoms with E-state index >= 15 is 0 Å². The second-order valence-electron chi connectivity index (χ2n) is 7.01. The molecule has 7 nitrogen and oxygen atoms in total. The second-order valence-corrected chi connectivity index (χ2v) is 7.01. The lowest BCUT2D eigenvalue weighted by molar-refractivity contribution is 0.367. The maximum Gasteiger partial charge on any atom is 0.194 e. The summed E-state index contributed by atoms with van der Waals surface area (Å²) in [5.74, 6) is 1.96. The first-order valence-corrected chi connectivity index (χ1v) is 10.1. The summed E-state index contributed by atoms with van der Waals surface area (Å²) in [4.78, 5) is 9.60. The highest BCUT2D eigenvalue weighted by atomic mass is 16.5. The summed E-state index contributed by atoms with van der Waals surface area (Å²) in [6, 6.07) is 8.23. The Balaban J connectivity index is 1.54. The third-order valence-electron chi connectivity index (χ3n) is 5.14. The molecule has 0 atom stereocenters. The van der Waals surface area contributed by atoms with E-state index in [4.69, 9.17) is 9.73 Å². The molecule has 0 aliphatic carbocycles. The minimum atomic E-state index is 0.819. The SMILES string of the molecule is CCNC(=NCCCc1cn[nH]c1C)N1CCN(c2ccccc2OC)CC1. The normalized spacial score (nSPS) is 15.0. The molecule has 2 aromatic rings. The van der Waals surface area contributed by atoms with E-state index in [0.717, 1.165) is 69.5 Å². The van der Waals surface area contributed by atoms with Crippen molar-refractivity contribution in [3.05, 3.63) is 41.7 Å². The van der Waals surface area contributed by atoms with Crippen molar-refractivity contribution in [3.63, 3.8) is 0 Å². The number of rotatable bonds is 7. The van der Waals surface area contributed by atoms with Crippen LogP contribution < -0.4 is 15.0 Å². The number of aromatic amines is 1. The van der Waals surface area contributed by atoms with Gasteiger partial charge in [-0.15, -0.1) is 0 Å². The predicted octanol–water partition coefficient (Wildman–Crippen LogP) is 2.45. The molecule has 28 heavy (non-hydrogen) atoms. The van der Waals surface area contributed by atoms with Crippen LogP contribution in [0.3, 0.4) is 0 Å². The summed E-state index contributed by atoms with van der Waals surface area (Å²) in [6.07, 6.45) is 3.95. The Labute approximate surface area is 167 Å². The van der Waals surface area contributed by atoms with Gasteiger partial charge in [-0.25, -0.2) is 0 Å². The Kier molecular flexibility index (Phi) is 7.17. The number of aromatic nitrogens is 2. The van der Waals surface area contributed by atoms with Crippen LogP contribution in [0.25, 0.3) is 0 Å². The van der Waals surface area contributed by atoms with Gasteiger partial charge in [-0.05, 0) is 44.4 Å². The quantitative estimate of drug-likeness (QED) is 0.436. The fourth-order valence-corrected chi connectivity index (χ4v) is 3.56. The van der Waals surface area contributed by atoms with Gasteiger partial charge in [0.05, 0.1) is 19.0 Å². The smallest absolute Gasteiger partial charge is 0.194 e. The molecular formula is C21H32N6O. The van der Waals surface area contributed by atoms with Gasteiger partial charge >= 0.3 is 0 Å². The molecule has 3 rings (SSSR count). The lowest BCUT2D eigenvalue weighted by Gasteiger charge is -2.38. The number of guanidine groups is 1. The number of piperazine rings is 1. The molecule has 1 saturated heterocycles. The van der Waals surface area contributed by atoms with Gasteiger partial charge < -0.3 is 19.9 Å². The van der Waals surface area contributed by atoms with Gasteiger partial charge in [-0.3, -0.25) is 10.1 Å². The maximum atomic E-state index is 5.52. The summed E-state index contributed by atoms with van der Waals surface area (Å²) < 4.78 is 5.52. The number of anilines is 1. The third-order valence-corrected chi connectivity index (χ3v) is 5.14. The number of benzene rings is 1. The number of aliphatic imine (C=N–C) groups is 1. The van der Waals surface area contributed by atoms with Crippen LogP contribution in [0, 0.1) is 6.92 Å². The van der Waals surface area contributed by atoms with Gasteiger partial charge in [0.1, 0.15) is 5.75 Å². The van der Waals surface area contributed by atoms with Crippen molar-refractivity contribution in [3.8, 4) is 5.75 Å². The fraction of sp³-hybridized carbons (Fsp3) is 0.524. The van der Waals surface area contributed by atoms with Gasteiger partial charge in [-0.1, -0.05) is 12.1 Å². The molecule has 1 aromatic heterocycles. The molecule has 0 unspecified atom stereocenters. The first-order chi connectivity index (χ1) is 13.7. The summed E-state index contributed by atoms with van der Waals surface area (Å²) in [5.41, 5.74) is 3.61. The van der Waals surface area contributed by atoms with Crippen LogP contribution in [0.5, 0.6) is 5.75 Å². The van der Waals surface area contributed by atoms with E-state index in [1.54, 1.807) is 7.11 Å². The lowest BCUT2D eigenvalue weighted by atomic mass is 10.1. The molecule has 1 aromatic carbocycles. The van der Waals surface area contributed by atoms with E-state index in [9.17, 15) is 0 Å². The number of nitrogens with one attached hydrogen (secondary N) is 2. The number of aryl methyl sites for hydroxylation is 2. The molecule has 1 aliphatic rings. The van der Waals surface area contributed by atoms with Gasteiger partial charge in [0.2, 0.25) is 0 Å². The average Bonchev–Trinajstić information content (AvgIpc) is 3.15. The highest BCUT2D eigenvalue weighted by Gasteiger charge is 2.21. The Morgan fingerprint density at radius 2 is 2.04 bits per heavy atom. The summed E-state index contributed by atoms with van der Waals surface area (Å²) in [6.45, 7) is 9.70. The molecule has 0 spiro atoms. The maximum absolute atomic E-state index is 5.52. The molecule has 0 saturated carbocycles. The standard InChI is InChI=1S/C21H32N6O/c1-4-22-21(23-11-7-8-18-16-24-25-17(18)2)27-14-12-26(13-15-27)19-9-5-6-10-20(19)28-3/h5-6,9-10,16H,4,7-8,11-15H2,1-3H3,(H,22,23)(H,24,25). The molecule has 0 amide bonds. The Morgan fingerprint density at radius 1 is 1.25 bits per heavy atom. The fourth-order valence-electron chi connectivity index (χ4n) is 3.56. The second kappa shape index (κ2) is 10.0. The zero-order valence-corrected chi connectivity index (χ0v) is 17.2. The first kappa shape index (κ1) is 20.0. The molecule has 1 fully saturated rings. The molecule has 2 heterocycles.